The first-order valence-corrected chi connectivity index (χ1v) is 6.98. The number of hydrogen-bond acceptors (Lipinski definition) is 3. The van der Waals surface area contributed by atoms with Crippen LogP contribution >= 0.6 is 0 Å². The van der Waals surface area contributed by atoms with Gasteiger partial charge in [0, 0.05) is 24.6 Å². The molecule has 1 amide bonds. The Morgan fingerprint density at radius 2 is 1.90 bits per heavy atom. The van der Waals surface area contributed by atoms with Gasteiger partial charge in [-0.25, -0.2) is 0 Å². The van der Waals surface area contributed by atoms with Gasteiger partial charge in [-0.2, -0.15) is 0 Å². The van der Waals surface area contributed by atoms with E-state index in [1.165, 1.54) is 0 Å². The summed E-state index contributed by atoms with van der Waals surface area (Å²) < 4.78 is 0. The first-order chi connectivity index (χ1) is 9.54. The summed E-state index contributed by atoms with van der Waals surface area (Å²) in [6.45, 7) is 4.43. The third-order valence-corrected chi connectivity index (χ3v) is 3.99. The van der Waals surface area contributed by atoms with Crippen molar-refractivity contribution in [2.24, 2.45) is 17.8 Å². The molecule has 1 unspecified atom stereocenters. The lowest BCUT2D eigenvalue weighted by atomic mass is 9.94. The zero-order valence-corrected chi connectivity index (χ0v) is 11.8. The number of anilines is 1. The highest BCUT2D eigenvalue weighted by atomic mass is 16.4. The highest BCUT2D eigenvalue weighted by Crippen LogP contribution is 2.38. The van der Waals surface area contributed by atoms with Crippen molar-refractivity contribution in [1.82, 2.24) is 4.98 Å². The highest BCUT2D eigenvalue weighted by molar-refractivity contribution is 5.97. The number of amides is 1. The molecule has 108 valence electrons. The molecule has 0 saturated heterocycles. The van der Waals surface area contributed by atoms with Crippen LogP contribution in [0.4, 0.5) is 5.69 Å². The van der Waals surface area contributed by atoms with Crippen LogP contribution in [-0.2, 0) is 9.59 Å². The Balaban J connectivity index is 2.22. The molecular formula is C15H20N2O3. The van der Waals surface area contributed by atoms with Crippen molar-refractivity contribution in [3.8, 4) is 0 Å². The summed E-state index contributed by atoms with van der Waals surface area (Å²) in [4.78, 5) is 29.6. The fourth-order valence-electron chi connectivity index (χ4n) is 3.03. The number of carbonyl (C=O) groups excluding carboxylic acids is 1. The van der Waals surface area contributed by atoms with Crippen molar-refractivity contribution in [3.63, 3.8) is 0 Å². The number of pyridine rings is 1. The number of aromatic nitrogens is 1. The van der Waals surface area contributed by atoms with Crippen LogP contribution in [0.3, 0.4) is 0 Å². The SMILES string of the molecule is CCN(C(=O)[C@H]1CC(C)C[C@H]1C(=O)O)c1ccncc1. The molecule has 5 heteroatoms. The van der Waals surface area contributed by atoms with Gasteiger partial charge in [-0.15, -0.1) is 0 Å². The lowest BCUT2D eigenvalue weighted by molar-refractivity contribution is -0.145. The highest BCUT2D eigenvalue weighted by Gasteiger charge is 2.42. The van der Waals surface area contributed by atoms with Crippen molar-refractivity contribution >= 4 is 17.6 Å². The predicted molar refractivity (Wildman–Crippen MR) is 75.3 cm³/mol. The Morgan fingerprint density at radius 3 is 2.45 bits per heavy atom. The number of nitrogens with zero attached hydrogens (tertiary/aromatic N) is 2. The predicted octanol–water partition coefficient (Wildman–Crippen LogP) is 2.18. The molecule has 1 aromatic heterocycles. The average molecular weight is 276 g/mol. The fraction of sp³-hybridized carbons (Fsp3) is 0.533. The number of rotatable bonds is 4. The van der Waals surface area contributed by atoms with E-state index in [0.29, 0.717) is 19.4 Å². The van der Waals surface area contributed by atoms with E-state index in [9.17, 15) is 14.7 Å². The smallest absolute Gasteiger partial charge is 0.307 e. The lowest BCUT2D eigenvalue weighted by Crippen LogP contribution is -2.39. The Bertz CT molecular complexity index is 489. The molecule has 5 nitrogen and oxygen atoms in total. The van der Waals surface area contributed by atoms with Gasteiger partial charge in [0.2, 0.25) is 5.91 Å². The molecule has 1 heterocycles. The molecule has 1 aliphatic carbocycles. The Labute approximate surface area is 118 Å². The minimum absolute atomic E-state index is 0.0875. The maximum absolute atomic E-state index is 12.7. The minimum atomic E-state index is -0.863. The van der Waals surface area contributed by atoms with Crippen LogP contribution in [0.2, 0.25) is 0 Å². The molecule has 1 N–H and O–H groups in total. The van der Waals surface area contributed by atoms with Crippen molar-refractivity contribution in [2.45, 2.75) is 26.7 Å². The van der Waals surface area contributed by atoms with E-state index in [-0.39, 0.29) is 11.8 Å². The average Bonchev–Trinajstić information content (AvgIpc) is 2.83. The van der Waals surface area contributed by atoms with Crippen LogP contribution in [0.15, 0.2) is 24.5 Å². The summed E-state index contributed by atoms with van der Waals surface area (Å²) in [5.74, 6) is -1.65. The molecule has 1 aromatic rings. The summed E-state index contributed by atoms with van der Waals surface area (Å²) in [5, 5.41) is 9.29. The number of carboxylic acids is 1. The molecule has 1 aliphatic rings. The van der Waals surface area contributed by atoms with Crippen LogP contribution in [-0.4, -0.2) is 28.5 Å². The van der Waals surface area contributed by atoms with Gasteiger partial charge in [0.1, 0.15) is 0 Å². The molecule has 0 bridgehead atoms. The summed E-state index contributed by atoms with van der Waals surface area (Å²) in [6, 6.07) is 3.55. The van der Waals surface area contributed by atoms with Crippen LogP contribution in [0.5, 0.6) is 0 Å². The van der Waals surface area contributed by atoms with Crippen LogP contribution in [0.1, 0.15) is 26.7 Å². The van der Waals surface area contributed by atoms with Crippen molar-refractivity contribution in [2.75, 3.05) is 11.4 Å². The summed E-state index contributed by atoms with van der Waals surface area (Å²) in [7, 11) is 0. The van der Waals surface area contributed by atoms with Gasteiger partial charge in [0.05, 0.1) is 11.8 Å². The summed E-state index contributed by atoms with van der Waals surface area (Å²) in [6.07, 6.45) is 4.51. The third-order valence-electron chi connectivity index (χ3n) is 3.99. The largest absolute Gasteiger partial charge is 0.481 e. The fourth-order valence-corrected chi connectivity index (χ4v) is 3.03. The Morgan fingerprint density at radius 1 is 1.30 bits per heavy atom. The van der Waals surface area contributed by atoms with Gasteiger partial charge in [-0.05, 0) is 37.8 Å². The minimum Gasteiger partial charge on any atom is -0.481 e. The molecule has 0 radical (unpaired) electrons. The van der Waals surface area contributed by atoms with Gasteiger partial charge < -0.3 is 10.0 Å². The van der Waals surface area contributed by atoms with E-state index >= 15 is 0 Å². The van der Waals surface area contributed by atoms with E-state index in [4.69, 9.17) is 0 Å². The molecule has 1 saturated carbocycles. The standard InChI is InChI=1S/C15H20N2O3/c1-3-17(11-4-6-16-7-5-11)14(18)12-8-10(2)9-13(12)15(19)20/h4-7,10,12-13H,3,8-9H2,1-2H3,(H,19,20)/t10?,12-,13+/m0/s1. The van der Waals surface area contributed by atoms with E-state index in [1.54, 1.807) is 29.4 Å². The zero-order chi connectivity index (χ0) is 14.7. The van der Waals surface area contributed by atoms with E-state index in [1.807, 2.05) is 13.8 Å². The lowest BCUT2D eigenvalue weighted by Gasteiger charge is -2.26. The molecule has 2 rings (SSSR count). The van der Waals surface area contributed by atoms with Gasteiger partial charge >= 0.3 is 5.97 Å². The van der Waals surface area contributed by atoms with Gasteiger partial charge in [0.15, 0.2) is 0 Å². The Kier molecular flexibility index (Phi) is 4.37. The summed E-state index contributed by atoms with van der Waals surface area (Å²) >= 11 is 0. The van der Waals surface area contributed by atoms with Crippen LogP contribution < -0.4 is 4.90 Å². The molecule has 20 heavy (non-hydrogen) atoms. The Hall–Kier alpha value is -1.91. The van der Waals surface area contributed by atoms with Gasteiger partial charge in [0.25, 0.3) is 0 Å². The quantitative estimate of drug-likeness (QED) is 0.915. The maximum Gasteiger partial charge on any atom is 0.307 e. The summed E-state index contributed by atoms with van der Waals surface area (Å²) in [5.41, 5.74) is 0.774. The normalized spacial score (nSPS) is 25.4. The van der Waals surface area contributed by atoms with Crippen molar-refractivity contribution < 1.29 is 14.7 Å². The first kappa shape index (κ1) is 14.5. The second kappa shape index (κ2) is 6.03. The molecule has 0 spiro atoms. The van der Waals surface area contributed by atoms with Gasteiger partial charge in [-0.1, -0.05) is 6.92 Å². The van der Waals surface area contributed by atoms with Crippen molar-refractivity contribution in [1.29, 1.82) is 0 Å². The van der Waals surface area contributed by atoms with Crippen LogP contribution in [0.25, 0.3) is 0 Å². The van der Waals surface area contributed by atoms with Crippen LogP contribution in [0, 0.1) is 17.8 Å². The third kappa shape index (κ3) is 2.81. The number of aliphatic carboxylic acids is 1. The maximum atomic E-state index is 12.7. The molecule has 0 aromatic carbocycles. The zero-order valence-electron chi connectivity index (χ0n) is 11.8. The van der Waals surface area contributed by atoms with Gasteiger partial charge in [-0.3, -0.25) is 14.6 Å². The number of carbonyl (C=O) groups is 2. The number of carboxylic acid groups (broad SMARTS) is 1. The first-order valence-electron chi connectivity index (χ1n) is 6.98. The molecular weight excluding hydrogens is 256 g/mol. The van der Waals surface area contributed by atoms with E-state index in [2.05, 4.69) is 4.98 Å². The molecule has 1 fully saturated rings. The van der Waals surface area contributed by atoms with Crippen molar-refractivity contribution in [3.05, 3.63) is 24.5 Å². The number of hydrogen-bond donors (Lipinski definition) is 1. The van der Waals surface area contributed by atoms with E-state index in [0.717, 1.165) is 5.69 Å². The monoisotopic (exact) mass is 276 g/mol. The second-order valence-corrected chi connectivity index (χ2v) is 5.42. The topological polar surface area (TPSA) is 70.5 Å². The molecule has 3 atom stereocenters. The molecule has 0 aliphatic heterocycles. The second-order valence-electron chi connectivity index (χ2n) is 5.42. The van der Waals surface area contributed by atoms with E-state index < -0.39 is 17.8 Å².